The lowest BCUT2D eigenvalue weighted by Crippen LogP contribution is -2.50. The first kappa shape index (κ1) is 20.7. The van der Waals surface area contributed by atoms with Crippen molar-refractivity contribution in [3.05, 3.63) is 23.8 Å². The van der Waals surface area contributed by atoms with Crippen molar-refractivity contribution in [3.63, 3.8) is 0 Å². The largest absolute Gasteiger partial charge is 0.396 e. The van der Waals surface area contributed by atoms with Crippen LogP contribution in [0.2, 0.25) is 0 Å². The summed E-state index contributed by atoms with van der Waals surface area (Å²) in [7, 11) is 0. The summed E-state index contributed by atoms with van der Waals surface area (Å²) in [4.78, 5) is 0. The van der Waals surface area contributed by atoms with E-state index in [1.807, 2.05) is 0 Å². The molecule has 0 aromatic carbocycles. The second-order valence-corrected chi connectivity index (χ2v) is 11.0. The van der Waals surface area contributed by atoms with Crippen LogP contribution in [0.5, 0.6) is 0 Å². The molecule has 8 atom stereocenters. The maximum Gasteiger partial charge on any atom is 0.0577 e. The molecule has 0 saturated heterocycles. The minimum atomic E-state index is -0.0981. The van der Waals surface area contributed by atoms with E-state index in [9.17, 15) is 5.11 Å². The lowest BCUT2D eigenvalue weighted by atomic mass is 9.47. The molecule has 28 heavy (non-hydrogen) atoms. The fourth-order valence-electron chi connectivity index (χ4n) is 8.20. The van der Waals surface area contributed by atoms with Crippen LogP contribution in [0.3, 0.4) is 0 Å². The predicted molar refractivity (Wildman–Crippen MR) is 116 cm³/mol. The Balaban J connectivity index is 1.51. The Kier molecular flexibility index (Phi) is 5.84. The summed E-state index contributed by atoms with van der Waals surface area (Å²) >= 11 is 0. The molecule has 0 amide bonds. The number of allylic oxidation sites excluding steroid dienone is 3. The van der Waals surface area contributed by atoms with Crippen LogP contribution in [-0.2, 0) is 0 Å². The van der Waals surface area contributed by atoms with Gasteiger partial charge >= 0.3 is 0 Å². The van der Waals surface area contributed by atoms with Crippen LogP contribution in [-0.4, -0.2) is 22.9 Å². The first-order valence-electron chi connectivity index (χ1n) is 12.0. The summed E-state index contributed by atoms with van der Waals surface area (Å²) in [6.07, 6.45) is 19.1. The molecule has 158 valence electrons. The number of aliphatic hydroxyl groups is 2. The van der Waals surface area contributed by atoms with Gasteiger partial charge in [0.05, 0.1) is 6.10 Å². The smallest absolute Gasteiger partial charge is 0.0577 e. The zero-order chi connectivity index (χ0) is 19.9. The van der Waals surface area contributed by atoms with Crippen molar-refractivity contribution in [2.75, 3.05) is 6.61 Å². The van der Waals surface area contributed by atoms with Crippen LogP contribution in [0.4, 0.5) is 0 Å². The second kappa shape index (κ2) is 7.91. The average molecular weight is 387 g/mol. The van der Waals surface area contributed by atoms with Crippen LogP contribution in [0.15, 0.2) is 23.8 Å². The molecule has 2 heteroatoms. The summed E-state index contributed by atoms with van der Waals surface area (Å²) in [6.45, 7) is 7.89. The van der Waals surface area contributed by atoms with Crippen LogP contribution in [0.1, 0.15) is 85.0 Å². The van der Waals surface area contributed by atoms with Gasteiger partial charge in [0.2, 0.25) is 0 Å². The molecule has 3 fully saturated rings. The molecule has 0 aliphatic heterocycles. The van der Waals surface area contributed by atoms with Crippen molar-refractivity contribution < 1.29 is 10.2 Å². The van der Waals surface area contributed by atoms with E-state index in [1.165, 1.54) is 38.5 Å². The third-order valence-corrected chi connectivity index (χ3v) is 9.75. The monoisotopic (exact) mass is 386 g/mol. The van der Waals surface area contributed by atoms with E-state index < -0.39 is 0 Å². The highest BCUT2D eigenvalue weighted by Gasteiger charge is 2.58. The fourth-order valence-corrected chi connectivity index (χ4v) is 8.20. The van der Waals surface area contributed by atoms with Gasteiger partial charge < -0.3 is 10.2 Å². The van der Waals surface area contributed by atoms with Gasteiger partial charge in [0.1, 0.15) is 0 Å². The third-order valence-electron chi connectivity index (χ3n) is 9.75. The molecule has 1 unspecified atom stereocenters. The summed E-state index contributed by atoms with van der Waals surface area (Å²) < 4.78 is 0. The van der Waals surface area contributed by atoms with Gasteiger partial charge in [-0.05, 0) is 105 Å². The Hall–Kier alpha value is -0.600. The molecule has 2 nitrogen and oxygen atoms in total. The number of hydrogen-bond donors (Lipinski definition) is 2. The Morgan fingerprint density at radius 2 is 1.96 bits per heavy atom. The van der Waals surface area contributed by atoms with Crippen LogP contribution in [0, 0.1) is 40.4 Å². The molecule has 2 N–H and O–H groups in total. The van der Waals surface area contributed by atoms with E-state index in [2.05, 4.69) is 39.0 Å². The lowest BCUT2D eigenvalue weighted by molar-refractivity contribution is -0.0540. The van der Waals surface area contributed by atoms with Crippen LogP contribution >= 0.6 is 0 Å². The van der Waals surface area contributed by atoms with Gasteiger partial charge in [0, 0.05) is 6.61 Å². The molecule has 0 radical (unpaired) electrons. The summed E-state index contributed by atoms with van der Waals surface area (Å²) in [5, 5.41) is 19.2. The molecule has 4 rings (SSSR count). The van der Waals surface area contributed by atoms with Gasteiger partial charge in [-0.25, -0.2) is 0 Å². The average Bonchev–Trinajstić information content (AvgIpc) is 3.03. The Bertz CT molecular complexity index is 622. The van der Waals surface area contributed by atoms with E-state index >= 15 is 0 Å². The van der Waals surface area contributed by atoms with Crippen LogP contribution in [0.25, 0.3) is 0 Å². The summed E-state index contributed by atoms with van der Waals surface area (Å²) in [6, 6.07) is 0. The Morgan fingerprint density at radius 3 is 2.75 bits per heavy atom. The first-order chi connectivity index (χ1) is 13.4. The number of unbranched alkanes of at least 4 members (excludes halogenated alkanes) is 1. The van der Waals surface area contributed by atoms with Crippen molar-refractivity contribution >= 4 is 0 Å². The SMILES string of the molecule is C[C@H](/C=C/CCCO)[C@H]1CC[C@H]2[C@@H]3CC=C4CC(O)CC[C@]4(C)[C@H]3CC[C@]12C. The highest BCUT2D eigenvalue weighted by molar-refractivity contribution is 5.25. The van der Waals surface area contributed by atoms with Crippen molar-refractivity contribution in [3.8, 4) is 0 Å². The van der Waals surface area contributed by atoms with Crippen LogP contribution < -0.4 is 0 Å². The minimum absolute atomic E-state index is 0.0981. The maximum absolute atomic E-state index is 10.2. The quantitative estimate of drug-likeness (QED) is 0.457. The van der Waals surface area contributed by atoms with Crippen molar-refractivity contribution in [1.29, 1.82) is 0 Å². The molecule has 0 aromatic rings. The fraction of sp³-hybridized carbons (Fsp3) is 0.846. The van der Waals surface area contributed by atoms with E-state index in [4.69, 9.17) is 5.11 Å². The third kappa shape index (κ3) is 3.33. The van der Waals surface area contributed by atoms with E-state index in [0.717, 1.165) is 49.4 Å². The molecular formula is C26H42O2. The topological polar surface area (TPSA) is 40.5 Å². The first-order valence-corrected chi connectivity index (χ1v) is 12.0. The highest BCUT2D eigenvalue weighted by atomic mass is 16.3. The molecule has 0 aromatic heterocycles. The predicted octanol–water partition coefficient (Wildman–Crippen LogP) is 5.89. The van der Waals surface area contributed by atoms with Crippen molar-refractivity contribution in [2.45, 2.75) is 91.1 Å². The molecule has 0 spiro atoms. The van der Waals surface area contributed by atoms with E-state index in [1.54, 1.807) is 5.57 Å². The summed E-state index contributed by atoms with van der Waals surface area (Å²) in [5.74, 6) is 4.05. The normalized spacial score (nSPS) is 46.6. The zero-order valence-corrected chi connectivity index (χ0v) is 18.4. The number of aliphatic hydroxyl groups excluding tert-OH is 2. The van der Waals surface area contributed by atoms with Crippen molar-refractivity contribution in [2.24, 2.45) is 40.4 Å². The number of fused-ring (bicyclic) bond motifs is 5. The van der Waals surface area contributed by atoms with Gasteiger partial charge in [-0.2, -0.15) is 0 Å². The van der Waals surface area contributed by atoms with Crippen molar-refractivity contribution in [1.82, 2.24) is 0 Å². The highest BCUT2D eigenvalue weighted by Crippen LogP contribution is 2.67. The molecule has 4 aliphatic rings. The number of hydrogen-bond acceptors (Lipinski definition) is 2. The lowest BCUT2D eigenvalue weighted by Gasteiger charge is -2.58. The Morgan fingerprint density at radius 1 is 1.14 bits per heavy atom. The molecule has 0 heterocycles. The minimum Gasteiger partial charge on any atom is -0.396 e. The molecule has 0 bridgehead atoms. The van der Waals surface area contributed by atoms with E-state index in [0.29, 0.717) is 23.4 Å². The molecule has 3 saturated carbocycles. The van der Waals surface area contributed by atoms with Gasteiger partial charge in [-0.1, -0.05) is 44.6 Å². The summed E-state index contributed by atoms with van der Waals surface area (Å²) in [5.41, 5.74) is 2.45. The number of rotatable bonds is 5. The standard InChI is InChI=1S/C26H42O2/c1-18(7-5-4-6-16-27)22-10-11-23-21-9-8-19-17-20(28)12-14-25(19,2)24(21)13-15-26(22,23)3/h5,7-8,18,20-24,27-28H,4,6,9-17H2,1-3H3/b7-5+/t18-,20?,21+,22-,23+,24+,25+,26-/m1/s1. The second-order valence-electron chi connectivity index (χ2n) is 11.0. The van der Waals surface area contributed by atoms with Gasteiger partial charge in [-0.15, -0.1) is 0 Å². The van der Waals surface area contributed by atoms with Gasteiger partial charge in [0.25, 0.3) is 0 Å². The van der Waals surface area contributed by atoms with Gasteiger partial charge in [0.15, 0.2) is 0 Å². The maximum atomic E-state index is 10.2. The molecular weight excluding hydrogens is 344 g/mol. The van der Waals surface area contributed by atoms with Gasteiger partial charge in [-0.3, -0.25) is 0 Å². The van der Waals surface area contributed by atoms with E-state index in [-0.39, 0.29) is 6.10 Å². The Labute approximate surface area is 172 Å². The zero-order valence-electron chi connectivity index (χ0n) is 18.4. The molecule has 4 aliphatic carbocycles.